The van der Waals surface area contributed by atoms with Gasteiger partial charge in [-0.2, -0.15) is 0 Å². The van der Waals surface area contributed by atoms with Gasteiger partial charge in [-0.05, 0) is 33.0 Å². The lowest BCUT2D eigenvalue weighted by molar-refractivity contribution is -0.384. The summed E-state index contributed by atoms with van der Waals surface area (Å²) in [6.07, 6.45) is 0. The average Bonchev–Trinajstić information content (AvgIpc) is 3.04. The molecule has 144 valence electrons. The van der Waals surface area contributed by atoms with Gasteiger partial charge in [0, 0.05) is 37.8 Å². The number of carbonyl (C=O) groups excluding carboxylic acids is 1. The van der Waals surface area contributed by atoms with Crippen LogP contribution in [0.15, 0.2) is 18.2 Å². The number of aromatic nitrogens is 1. The molecule has 8 nitrogen and oxygen atoms in total. The number of benzene rings is 1. The molecule has 0 aliphatic carbocycles. The molecule has 1 aromatic carbocycles. The number of nitrogens with zero attached hydrogens (tertiary/aromatic N) is 4. The number of hydrogen-bond donors (Lipinski definition) is 0. The van der Waals surface area contributed by atoms with Crippen molar-refractivity contribution in [1.29, 1.82) is 0 Å². The SMILES string of the molecule is CCOC(=O)c1sc(-c2ccc(N3CCN(C)CC3)c([N+](=O)[O-])c2)nc1C. The summed E-state index contributed by atoms with van der Waals surface area (Å²) in [5.74, 6) is -0.415. The molecule has 1 aliphatic heterocycles. The van der Waals surface area contributed by atoms with Crippen molar-refractivity contribution in [3.05, 3.63) is 38.9 Å². The number of rotatable bonds is 5. The van der Waals surface area contributed by atoms with Crippen LogP contribution in [0.3, 0.4) is 0 Å². The second kappa shape index (κ2) is 8.01. The Morgan fingerprint density at radius 3 is 2.67 bits per heavy atom. The molecule has 1 saturated heterocycles. The number of likely N-dealkylation sites (N-methyl/N-ethyl adjacent to an activating group) is 1. The van der Waals surface area contributed by atoms with Crippen LogP contribution in [0.4, 0.5) is 11.4 Å². The maximum absolute atomic E-state index is 12.0. The fourth-order valence-electron chi connectivity index (χ4n) is 3.02. The normalized spacial score (nSPS) is 15.0. The number of piperazine rings is 1. The number of nitro groups is 1. The molecular weight excluding hydrogens is 368 g/mol. The van der Waals surface area contributed by atoms with Crippen molar-refractivity contribution >= 4 is 28.7 Å². The smallest absolute Gasteiger partial charge is 0.350 e. The molecule has 1 fully saturated rings. The lowest BCUT2D eigenvalue weighted by Crippen LogP contribution is -2.44. The number of aryl methyl sites for hydroxylation is 1. The van der Waals surface area contributed by atoms with Gasteiger partial charge in [-0.15, -0.1) is 11.3 Å². The van der Waals surface area contributed by atoms with E-state index in [1.54, 1.807) is 26.0 Å². The first-order valence-corrected chi connectivity index (χ1v) is 9.59. The maximum atomic E-state index is 12.0. The Kier molecular flexibility index (Phi) is 5.71. The van der Waals surface area contributed by atoms with Gasteiger partial charge in [0.1, 0.15) is 15.6 Å². The van der Waals surface area contributed by atoms with Gasteiger partial charge in [-0.1, -0.05) is 0 Å². The highest BCUT2D eigenvalue weighted by atomic mass is 32.1. The Balaban J connectivity index is 1.94. The lowest BCUT2D eigenvalue weighted by Gasteiger charge is -2.33. The van der Waals surface area contributed by atoms with Crippen molar-refractivity contribution in [3.8, 4) is 10.6 Å². The summed E-state index contributed by atoms with van der Waals surface area (Å²) in [7, 11) is 2.04. The monoisotopic (exact) mass is 390 g/mol. The summed E-state index contributed by atoms with van der Waals surface area (Å²) in [6, 6.07) is 5.15. The molecule has 27 heavy (non-hydrogen) atoms. The minimum absolute atomic E-state index is 0.0580. The second-order valence-corrected chi connectivity index (χ2v) is 7.40. The molecule has 0 atom stereocenters. The van der Waals surface area contributed by atoms with Crippen molar-refractivity contribution in [2.45, 2.75) is 13.8 Å². The lowest BCUT2D eigenvalue weighted by atomic mass is 10.1. The third-order valence-electron chi connectivity index (χ3n) is 4.52. The van der Waals surface area contributed by atoms with Crippen molar-refractivity contribution in [2.75, 3.05) is 44.7 Å². The van der Waals surface area contributed by atoms with E-state index in [9.17, 15) is 14.9 Å². The number of carbonyl (C=O) groups is 1. The Bertz CT molecular complexity index is 859. The van der Waals surface area contributed by atoms with Gasteiger partial charge in [0.05, 0.1) is 17.2 Å². The first-order chi connectivity index (χ1) is 12.9. The minimum Gasteiger partial charge on any atom is -0.462 e. The molecule has 1 aromatic heterocycles. The van der Waals surface area contributed by atoms with Gasteiger partial charge >= 0.3 is 5.97 Å². The molecule has 0 amide bonds. The standard InChI is InChI=1S/C18H22N4O4S/c1-4-26-18(23)16-12(2)19-17(27-16)13-5-6-14(15(11-13)22(24)25)21-9-7-20(3)8-10-21/h5-6,11H,4,7-10H2,1-3H3. The van der Waals surface area contributed by atoms with Gasteiger partial charge in [-0.25, -0.2) is 9.78 Å². The number of ether oxygens (including phenoxy) is 1. The predicted molar refractivity (Wildman–Crippen MR) is 105 cm³/mol. The Hall–Kier alpha value is -2.52. The van der Waals surface area contributed by atoms with E-state index in [-0.39, 0.29) is 17.2 Å². The van der Waals surface area contributed by atoms with Crippen LogP contribution in [-0.2, 0) is 4.74 Å². The third kappa shape index (κ3) is 4.09. The van der Waals surface area contributed by atoms with Crippen LogP contribution in [0.1, 0.15) is 22.3 Å². The number of nitro benzene ring substituents is 1. The zero-order valence-electron chi connectivity index (χ0n) is 15.6. The second-order valence-electron chi connectivity index (χ2n) is 6.40. The largest absolute Gasteiger partial charge is 0.462 e. The summed E-state index contributed by atoms with van der Waals surface area (Å²) < 4.78 is 5.04. The maximum Gasteiger partial charge on any atom is 0.350 e. The van der Waals surface area contributed by atoms with Gasteiger partial charge < -0.3 is 14.5 Å². The van der Waals surface area contributed by atoms with Crippen molar-refractivity contribution in [1.82, 2.24) is 9.88 Å². The summed E-state index contributed by atoms with van der Waals surface area (Å²) in [5.41, 5.74) is 1.88. The molecule has 0 radical (unpaired) electrons. The third-order valence-corrected chi connectivity index (χ3v) is 5.71. The molecule has 0 spiro atoms. The summed E-state index contributed by atoms with van der Waals surface area (Å²) in [5, 5.41) is 12.2. The fraction of sp³-hybridized carbons (Fsp3) is 0.444. The Morgan fingerprint density at radius 1 is 1.33 bits per heavy atom. The zero-order chi connectivity index (χ0) is 19.6. The molecule has 2 heterocycles. The van der Waals surface area contributed by atoms with Crippen LogP contribution >= 0.6 is 11.3 Å². The molecular formula is C18H22N4O4S. The highest BCUT2D eigenvalue weighted by Gasteiger charge is 2.24. The van der Waals surface area contributed by atoms with Crippen LogP contribution in [0, 0.1) is 17.0 Å². The summed E-state index contributed by atoms with van der Waals surface area (Å²) in [4.78, 5) is 32.4. The number of hydrogen-bond acceptors (Lipinski definition) is 8. The summed E-state index contributed by atoms with van der Waals surface area (Å²) >= 11 is 1.19. The highest BCUT2D eigenvalue weighted by Crippen LogP contribution is 2.36. The quantitative estimate of drug-likeness (QED) is 0.440. The van der Waals surface area contributed by atoms with Crippen molar-refractivity contribution < 1.29 is 14.5 Å². The van der Waals surface area contributed by atoms with Gasteiger partial charge in [0.25, 0.3) is 5.69 Å². The summed E-state index contributed by atoms with van der Waals surface area (Å²) in [6.45, 7) is 7.01. The molecule has 2 aromatic rings. The highest BCUT2D eigenvalue weighted by molar-refractivity contribution is 7.17. The Labute approximate surface area is 161 Å². The van der Waals surface area contributed by atoms with Crippen LogP contribution in [0.5, 0.6) is 0 Å². The Morgan fingerprint density at radius 2 is 2.04 bits per heavy atom. The van der Waals surface area contributed by atoms with E-state index >= 15 is 0 Å². The first kappa shape index (κ1) is 19.2. The van der Waals surface area contributed by atoms with Gasteiger partial charge in [-0.3, -0.25) is 10.1 Å². The van der Waals surface area contributed by atoms with E-state index < -0.39 is 5.97 Å². The van der Waals surface area contributed by atoms with E-state index in [0.717, 1.165) is 26.2 Å². The molecule has 0 unspecified atom stereocenters. The topological polar surface area (TPSA) is 88.8 Å². The number of anilines is 1. The molecule has 9 heteroatoms. The number of thiazole rings is 1. The average molecular weight is 390 g/mol. The van der Waals surface area contributed by atoms with Crippen molar-refractivity contribution in [2.24, 2.45) is 0 Å². The van der Waals surface area contributed by atoms with E-state index in [4.69, 9.17) is 4.74 Å². The number of esters is 1. The minimum atomic E-state index is -0.415. The molecule has 0 N–H and O–H groups in total. The van der Waals surface area contributed by atoms with Crippen LogP contribution in [0.25, 0.3) is 10.6 Å². The van der Waals surface area contributed by atoms with Crippen LogP contribution in [0.2, 0.25) is 0 Å². The van der Waals surface area contributed by atoms with Gasteiger partial charge in [0.15, 0.2) is 0 Å². The van der Waals surface area contributed by atoms with Crippen LogP contribution in [-0.4, -0.2) is 60.6 Å². The van der Waals surface area contributed by atoms with E-state index in [0.29, 0.717) is 26.8 Å². The van der Waals surface area contributed by atoms with Gasteiger partial charge in [0.2, 0.25) is 0 Å². The van der Waals surface area contributed by atoms with E-state index in [1.807, 2.05) is 18.0 Å². The van der Waals surface area contributed by atoms with E-state index in [2.05, 4.69) is 9.88 Å². The molecule has 3 rings (SSSR count). The van der Waals surface area contributed by atoms with Crippen molar-refractivity contribution in [3.63, 3.8) is 0 Å². The first-order valence-electron chi connectivity index (χ1n) is 8.77. The molecule has 1 aliphatic rings. The zero-order valence-corrected chi connectivity index (χ0v) is 16.4. The molecule has 0 bridgehead atoms. The van der Waals surface area contributed by atoms with Crippen LogP contribution < -0.4 is 4.90 Å². The van der Waals surface area contributed by atoms with E-state index in [1.165, 1.54) is 11.3 Å². The predicted octanol–water partition coefficient (Wildman–Crippen LogP) is 2.96. The molecule has 0 saturated carbocycles. The fourth-order valence-corrected chi connectivity index (χ4v) is 3.98.